The van der Waals surface area contributed by atoms with E-state index in [4.69, 9.17) is 0 Å². The normalized spacial score (nSPS) is 10.8. The number of rotatable bonds is 3. The number of hydrogen-bond donors (Lipinski definition) is 1. The van der Waals surface area contributed by atoms with E-state index in [-0.39, 0.29) is 11.3 Å². The number of aromatic nitrogens is 2. The van der Waals surface area contributed by atoms with E-state index in [0.717, 1.165) is 0 Å². The topological polar surface area (TPSA) is 98.3 Å². The van der Waals surface area contributed by atoms with Crippen molar-refractivity contribution in [2.45, 2.75) is 0 Å². The minimum Gasteiger partial charge on any atom is -0.478 e. The number of hydrogen-bond acceptors (Lipinski definition) is 4. The molecule has 0 unspecified atom stereocenters. The second-order valence-electron chi connectivity index (χ2n) is 4.75. The van der Waals surface area contributed by atoms with E-state index >= 15 is 0 Å². The molecule has 3 aromatic rings. The number of imidazole rings is 1. The van der Waals surface area contributed by atoms with Crippen LogP contribution in [-0.4, -0.2) is 25.6 Å². The smallest absolute Gasteiger partial charge is 0.337 e. The Labute approximate surface area is 124 Å². The largest absolute Gasteiger partial charge is 0.478 e. The molecule has 3 rings (SSSR count). The molecular formula is C15H11N3O4. The van der Waals surface area contributed by atoms with Crippen molar-refractivity contribution in [2.24, 2.45) is 7.05 Å². The standard InChI is InChI=1S/C15H11N3O4/c1-17-12-8-4-6-10(15(19)20)13(12)16-14(17)9-5-2-3-7-11(9)18(21)22/h2-8H,1H3,(H,19,20). The van der Waals surface area contributed by atoms with Crippen LogP contribution >= 0.6 is 0 Å². The Balaban J connectivity index is 2.34. The zero-order valence-corrected chi connectivity index (χ0v) is 11.6. The molecule has 0 radical (unpaired) electrons. The van der Waals surface area contributed by atoms with Gasteiger partial charge in [-0.1, -0.05) is 18.2 Å². The van der Waals surface area contributed by atoms with Gasteiger partial charge in [0, 0.05) is 13.1 Å². The van der Waals surface area contributed by atoms with E-state index in [9.17, 15) is 20.0 Å². The first kappa shape index (κ1) is 13.7. The molecule has 1 aromatic heterocycles. The van der Waals surface area contributed by atoms with E-state index in [1.165, 1.54) is 12.1 Å². The van der Waals surface area contributed by atoms with Gasteiger partial charge in [0.05, 0.1) is 21.6 Å². The highest BCUT2D eigenvalue weighted by atomic mass is 16.6. The first-order chi connectivity index (χ1) is 10.5. The molecule has 0 aliphatic rings. The zero-order valence-electron chi connectivity index (χ0n) is 11.6. The predicted octanol–water partition coefficient (Wildman–Crippen LogP) is 2.85. The highest BCUT2D eigenvalue weighted by Gasteiger charge is 2.21. The van der Waals surface area contributed by atoms with Crippen LogP contribution in [0.5, 0.6) is 0 Å². The van der Waals surface area contributed by atoms with Crippen molar-refractivity contribution in [3.8, 4) is 11.4 Å². The maximum atomic E-state index is 11.3. The fraction of sp³-hybridized carbons (Fsp3) is 0.0667. The summed E-state index contributed by atoms with van der Waals surface area (Å²) in [4.78, 5) is 26.3. The summed E-state index contributed by atoms with van der Waals surface area (Å²) in [7, 11) is 1.70. The third-order valence-corrected chi connectivity index (χ3v) is 3.48. The van der Waals surface area contributed by atoms with Crippen LogP contribution in [0.3, 0.4) is 0 Å². The van der Waals surface area contributed by atoms with Crippen molar-refractivity contribution in [3.05, 3.63) is 58.1 Å². The molecule has 22 heavy (non-hydrogen) atoms. The highest BCUT2D eigenvalue weighted by Crippen LogP contribution is 2.31. The summed E-state index contributed by atoms with van der Waals surface area (Å²) >= 11 is 0. The summed E-state index contributed by atoms with van der Waals surface area (Å²) in [5.41, 5.74) is 1.26. The van der Waals surface area contributed by atoms with Crippen LogP contribution in [0, 0.1) is 10.1 Å². The van der Waals surface area contributed by atoms with Crippen molar-refractivity contribution in [3.63, 3.8) is 0 Å². The number of nitrogens with zero attached hydrogens (tertiary/aromatic N) is 3. The van der Waals surface area contributed by atoms with Gasteiger partial charge in [-0.15, -0.1) is 0 Å². The van der Waals surface area contributed by atoms with Crippen LogP contribution in [0.25, 0.3) is 22.4 Å². The van der Waals surface area contributed by atoms with E-state index in [0.29, 0.717) is 22.4 Å². The average molecular weight is 297 g/mol. The Morgan fingerprint density at radius 1 is 1.23 bits per heavy atom. The lowest BCUT2D eigenvalue weighted by molar-refractivity contribution is -0.384. The SMILES string of the molecule is Cn1c(-c2ccccc2[N+](=O)[O-])nc2c(C(=O)O)cccc21. The van der Waals surface area contributed by atoms with Crippen molar-refractivity contribution in [1.82, 2.24) is 9.55 Å². The first-order valence-electron chi connectivity index (χ1n) is 6.43. The predicted molar refractivity (Wildman–Crippen MR) is 79.8 cm³/mol. The Morgan fingerprint density at radius 3 is 2.64 bits per heavy atom. The number of carbonyl (C=O) groups is 1. The van der Waals surface area contributed by atoms with E-state index < -0.39 is 10.9 Å². The quantitative estimate of drug-likeness (QED) is 0.592. The van der Waals surface area contributed by atoms with Crippen LogP contribution in [-0.2, 0) is 7.05 Å². The van der Waals surface area contributed by atoms with Gasteiger partial charge >= 0.3 is 5.97 Å². The first-order valence-corrected chi connectivity index (χ1v) is 6.43. The molecule has 0 fully saturated rings. The van der Waals surface area contributed by atoms with Crippen molar-refractivity contribution in [2.75, 3.05) is 0 Å². The number of aryl methyl sites for hydroxylation is 1. The van der Waals surface area contributed by atoms with E-state index in [2.05, 4.69) is 4.98 Å². The second-order valence-corrected chi connectivity index (χ2v) is 4.75. The molecule has 1 heterocycles. The van der Waals surface area contributed by atoms with Crippen molar-refractivity contribution >= 4 is 22.7 Å². The molecule has 7 heteroatoms. The third-order valence-electron chi connectivity index (χ3n) is 3.48. The lowest BCUT2D eigenvalue weighted by Crippen LogP contribution is -1.97. The summed E-state index contributed by atoms with van der Waals surface area (Å²) in [6.07, 6.45) is 0. The summed E-state index contributed by atoms with van der Waals surface area (Å²) < 4.78 is 1.66. The van der Waals surface area contributed by atoms with Gasteiger partial charge in [0.2, 0.25) is 0 Å². The van der Waals surface area contributed by atoms with E-state index in [1.54, 1.807) is 41.9 Å². The van der Waals surface area contributed by atoms with Crippen LogP contribution in [0.1, 0.15) is 10.4 Å². The molecular weight excluding hydrogens is 286 g/mol. The minimum atomic E-state index is -1.09. The molecule has 0 aliphatic carbocycles. The Morgan fingerprint density at radius 2 is 1.95 bits per heavy atom. The van der Waals surface area contributed by atoms with E-state index in [1.807, 2.05) is 0 Å². The van der Waals surface area contributed by atoms with Gasteiger partial charge in [0.15, 0.2) is 0 Å². The van der Waals surface area contributed by atoms with Crippen LogP contribution in [0.2, 0.25) is 0 Å². The number of para-hydroxylation sites is 2. The molecule has 0 bridgehead atoms. The zero-order chi connectivity index (χ0) is 15.9. The van der Waals surface area contributed by atoms with Gasteiger partial charge < -0.3 is 9.67 Å². The van der Waals surface area contributed by atoms with Gasteiger partial charge in [-0.25, -0.2) is 9.78 Å². The summed E-state index contributed by atoms with van der Waals surface area (Å²) in [5, 5.41) is 20.4. The number of fused-ring (bicyclic) bond motifs is 1. The Kier molecular flexibility index (Phi) is 3.10. The molecule has 0 aliphatic heterocycles. The molecule has 0 amide bonds. The third kappa shape index (κ3) is 1.99. The number of nitro groups is 1. The lowest BCUT2D eigenvalue weighted by atomic mass is 10.1. The van der Waals surface area contributed by atoms with Crippen molar-refractivity contribution in [1.29, 1.82) is 0 Å². The Hall–Kier alpha value is -3.22. The number of nitro benzene ring substituents is 1. The summed E-state index contributed by atoms with van der Waals surface area (Å²) in [6, 6.07) is 11.1. The summed E-state index contributed by atoms with van der Waals surface area (Å²) in [6.45, 7) is 0. The molecule has 7 nitrogen and oxygen atoms in total. The maximum Gasteiger partial charge on any atom is 0.337 e. The van der Waals surface area contributed by atoms with Crippen LogP contribution < -0.4 is 0 Å². The van der Waals surface area contributed by atoms with Crippen LogP contribution in [0.15, 0.2) is 42.5 Å². The summed E-state index contributed by atoms with van der Waals surface area (Å²) in [5.74, 6) is -0.728. The molecule has 1 N–H and O–H groups in total. The number of aromatic carboxylic acids is 1. The van der Waals surface area contributed by atoms with Crippen LogP contribution in [0.4, 0.5) is 5.69 Å². The van der Waals surface area contributed by atoms with Gasteiger partial charge in [-0.2, -0.15) is 0 Å². The highest BCUT2D eigenvalue weighted by molar-refractivity contribution is 6.02. The fourth-order valence-electron chi connectivity index (χ4n) is 2.45. The molecule has 0 saturated carbocycles. The molecule has 110 valence electrons. The average Bonchev–Trinajstić information content (AvgIpc) is 2.84. The number of carboxylic acid groups (broad SMARTS) is 1. The maximum absolute atomic E-state index is 11.3. The van der Waals surface area contributed by atoms with Gasteiger partial charge in [0.25, 0.3) is 5.69 Å². The fourth-order valence-corrected chi connectivity index (χ4v) is 2.45. The molecule has 0 saturated heterocycles. The molecule has 0 spiro atoms. The Bertz CT molecular complexity index is 914. The minimum absolute atomic E-state index is 0.0675. The lowest BCUT2D eigenvalue weighted by Gasteiger charge is -2.03. The second kappa shape index (κ2) is 4.96. The van der Waals surface area contributed by atoms with Gasteiger partial charge in [-0.3, -0.25) is 10.1 Å². The number of carboxylic acids is 1. The number of benzene rings is 2. The monoisotopic (exact) mass is 297 g/mol. The molecule has 0 atom stereocenters. The van der Waals surface area contributed by atoms with Gasteiger partial charge in [-0.05, 0) is 18.2 Å². The molecule has 2 aromatic carbocycles. The van der Waals surface area contributed by atoms with Crippen molar-refractivity contribution < 1.29 is 14.8 Å². The van der Waals surface area contributed by atoms with Gasteiger partial charge in [0.1, 0.15) is 11.3 Å².